The van der Waals surface area contributed by atoms with Gasteiger partial charge in [0.15, 0.2) is 5.78 Å². The van der Waals surface area contributed by atoms with Crippen molar-refractivity contribution in [2.75, 3.05) is 0 Å². The zero-order valence-corrected chi connectivity index (χ0v) is 12.6. The Labute approximate surface area is 135 Å². The largest absolute Gasteiger partial charge is 0.434 e. The molecule has 0 atom stereocenters. The summed E-state index contributed by atoms with van der Waals surface area (Å²) in [7, 11) is 0. The van der Waals surface area contributed by atoms with Crippen molar-refractivity contribution in [2.45, 2.75) is 6.61 Å². The third-order valence-electron chi connectivity index (χ3n) is 2.76. The minimum absolute atomic E-state index is 0.0391. The molecule has 0 N–H and O–H groups in total. The van der Waals surface area contributed by atoms with Crippen LogP contribution in [-0.4, -0.2) is 12.4 Å². The molecule has 0 saturated carbocycles. The van der Waals surface area contributed by atoms with E-state index in [0.29, 0.717) is 15.6 Å². The maximum Gasteiger partial charge on any atom is 0.387 e. The number of allylic oxidation sites excluding steroid dienone is 1. The van der Waals surface area contributed by atoms with E-state index < -0.39 is 12.4 Å². The van der Waals surface area contributed by atoms with Crippen molar-refractivity contribution in [1.82, 2.24) is 0 Å². The lowest BCUT2D eigenvalue weighted by Gasteiger charge is -2.08. The fraction of sp³-hybridized carbons (Fsp3) is 0.0625. The van der Waals surface area contributed by atoms with E-state index in [0.717, 1.165) is 0 Å². The van der Waals surface area contributed by atoms with Crippen LogP contribution in [0.1, 0.15) is 15.9 Å². The van der Waals surface area contributed by atoms with Gasteiger partial charge in [-0.25, -0.2) is 0 Å². The minimum atomic E-state index is -3.00. The van der Waals surface area contributed by atoms with Crippen molar-refractivity contribution >= 4 is 35.1 Å². The van der Waals surface area contributed by atoms with Crippen LogP contribution in [0.2, 0.25) is 10.0 Å². The van der Waals surface area contributed by atoms with Gasteiger partial charge in [0, 0.05) is 0 Å². The monoisotopic (exact) mass is 342 g/mol. The van der Waals surface area contributed by atoms with Crippen LogP contribution < -0.4 is 4.74 Å². The van der Waals surface area contributed by atoms with E-state index in [1.807, 2.05) is 0 Å². The van der Waals surface area contributed by atoms with Gasteiger partial charge in [-0.05, 0) is 35.9 Å². The van der Waals surface area contributed by atoms with Crippen molar-refractivity contribution in [3.8, 4) is 5.75 Å². The van der Waals surface area contributed by atoms with Gasteiger partial charge in [0.2, 0.25) is 0 Å². The molecule has 2 aromatic rings. The molecule has 0 heterocycles. The molecule has 22 heavy (non-hydrogen) atoms. The first-order valence-electron chi connectivity index (χ1n) is 6.19. The van der Waals surface area contributed by atoms with Crippen LogP contribution in [0, 0.1) is 0 Å². The van der Waals surface area contributed by atoms with Crippen LogP contribution >= 0.6 is 23.2 Å². The van der Waals surface area contributed by atoms with E-state index >= 15 is 0 Å². The molecular formula is C16H10Cl2F2O2. The highest BCUT2D eigenvalue weighted by Gasteiger charge is 2.13. The van der Waals surface area contributed by atoms with Crippen molar-refractivity contribution < 1.29 is 18.3 Å². The number of rotatable bonds is 5. The average molecular weight is 343 g/mol. The number of alkyl halides is 2. The summed E-state index contributed by atoms with van der Waals surface area (Å²) in [4.78, 5) is 12.1. The fourth-order valence-electron chi connectivity index (χ4n) is 1.77. The van der Waals surface area contributed by atoms with Crippen LogP contribution in [0.3, 0.4) is 0 Å². The molecule has 0 radical (unpaired) electrons. The maximum absolute atomic E-state index is 12.3. The average Bonchev–Trinajstić information content (AvgIpc) is 2.48. The van der Waals surface area contributed by atoms with E-state index in [2.05, 4.69) is 4.74 Å². The molecule has 2 rings (SSSR count). The van der Waals surface area contributed by atoms with Crippen molar-refractivity contribution in [1.29, 1.82) is 0 Å². The highest BCUT2D eigenvalue weighted by Crippen LogP contribution is 2.27. The lowest BCUT2D eigenvalue weighted by molar-refractivity contribution is -0.0501. The number of halogens is 4. The fourth-order valence-corrected chi connectivity index (χ4v) is 2.14. The molecule has 0 unspecified atom stereocenters. The number of benzene rings is 2. The Kier molecular flexibility index (Phi) is 5.52. The number of ether oxygens (including phenoxy) is 1. The summed E-state index contributed by atoms with van der Waals surface area (Å²) >= 11 is 11.9. The summed E-state index contributed by atoms with van der Waals surface area (Å²) in [5.74, 6) is -0.656. The lowest BCUT2D eigenvalue weighted by atomic mass is 10.1. The predicted octanol–water partition coefficient (Wildman–Crippen LogP) is 5.49. The van der Waals surface area contributed by atoms with Crippen molar-refractivity contribution in [2.24, 2.45) is 0 Å². The van der Waals surface area contributed by atoms with E-state index in [4.69, 9.17) is 23.2 Å². The van der Waals surface area contributed by atoms with E-state index in [1.165, 1.54) is 30.4 Å². The highest BCUT2D eigenvalue weighted by atomic mass is 35.5. The molecule has 2 nitrogen and oxygen atoms in total. The number of ketones is 1. The van der Waals surface area contributed by atoms with Crippen molar-refractivity contribution in [3.63, 3.8) is 0 Å². The Balaban J connectivity index is 2.26. The molecule has 0 fully saturated rings. The molecule has 0 aliphatic carbocycles. The molecule has 0 saturated heterocycles. The molecule has 0 amide bonds. The van der Waals surface area contributed by atoms with Crippen molar-refractivity contribution in [3.05, 3.63) is 69.7 Å². The number of hydrogen-bond acceptors (Lipinski definition) is 2. The van der Waals surface area contributed by atoms with Gasteiger partial charge in [-0.1, -0.05) is 47.5 Å². The summed E-state index contributed by atoms with van der Waals surface area (Å²) in [6.07, 6.45) is 2.70. The van der Waals surface area contributed by atoms with Gasteiger partial charge in [-0.15, -0.1) is 0 Å². The van der Waals surface area contributed by atoms with Gasteiger partial charge in [0.05, 0.1) is 15.6 Å². The van der Waals surface area contributed by atoms with Crippen LogP contribution in [-0.2, 0) is 0 Å². The van der Waals surface area contributed by atoms with E-state index in [-0.39, 0.29) is 11.3 Å². The number of carbonyl (C=O) groups excluding carboxylic acids is 1. The predicted molar refractivity (Wildman–Crippen MR) is 82.9 cm³/mol. The van der Waals surface area contributed by atoms with Crippen LogP contribution in [0.4, 0.5) is 8.78 Å². The molecule has 0 spiro atoms. The third kappa shape index (κ3) is 4.06. The number of carbonyl (C=O) groups is 1. The minimum Gasteiger partial charge on any atom is -0.434 e. The van der Waals surface area contributed by atoms with E-state index in [9.17, 15) is 13.6 Å². The van der Waals surface area contributed by atoms with Gasteiger partial charge < -0.3 is 4.74 Å². The Morgan fingerprint density at radius 3 is 2.55 bits per heavy atom. The second-order valence-electron chi connectivity index (χ2n) is 4.22. The molecule has 114 valence electrons. The SMILES string of the molecule is O=C(/C=C/c1cccc(Cl)c1Cl)c1ccccc1OC(F)F. The maximum atomic E-state index is 12.3. The standard InChI is InChI=1S/C16H10Cl2F2O2/c17-12-6-3-4-10(15(12)18)8-9-13(21)11-5-1-2-7-14(11)22-16(19)20/h1-9,16H/b9-8+. The first kappa shape index (κ1) is 16.5. The first-order valence-corrected chi connectivity index (χ1v) is 6.95. The quantitative estimate of drug-likeness (QED) is 0.530. The summed E-state index contributed by atoms with van der Waals surface area (Å²) in [6.45, 7) is -3.00. The third-order valence-corrected chi connectivity index (χ3v) is 3.60. The number of para-hydroxylation sites is 1. The molecule has 0 aromatic heterocycles. The van der Waals surface area contributed by atoms with Crippen LogP contribution in [0.15, 0.2) is 48.5 Å². The van der Waals surface area contributed by atoms with E-state index in [1.54, 1.807) is 24.3 Å². The lowest BCUT2D eigenvalue weighted by Crippen LogP contribution is -2.06. The normalized spacial score (nSPS) is 11.1. The Hall–Kier alpha value is -1.91. The smallest absolute Gasteiger partial charge is 0.387 e. The zero-order chi connectivity index (χ0) is 16.1. The summed E-state index contributed by atoms with van der Waals surface area (Å²) in [5.41, 5.74) is 0.590. The first-order chi connectivity index (χ1) is 10.5. The Morgan fingerprint density at radius 1 is 1.09 bits per heavy atom. The zero-order valence-electron chi connectivity index (χ0n) is 11.1. The van der Waals surface area contributed by atoms with Gasteiger partial charge in [-0.3, -0.25) is 4.79 Å². The second-order valence-corrected chi connectivity index (χ2v) is 5.00. The summed E-state index contributed by atoms with van der Waals surface area (Å²) < 4.78 is 29.0. The Morgan fingerprint density at radius 2 is 1.82 bits per heavy atom. The topological polar surface area (TPSA) is 26.3 Å². The molecule has 0 aliphatic heterocycles. The molecule has 2 aromatic carbocycles. The molecule has 0 bridgehead atoms. The van der Waals surface area contributed by atoms with Crippen LogP contribution in [0.25, 0.3) is 6.08 Å². The van der Waals surface area contributed by atoms with Gasteiger partial charge in [-0.2, -0.15) is 8.78 Å². The number of hydrogen-bond donors (Lipinski definition) is 0. The second kappa shape index (κ2) is 7.38. The Bertz CT molecular complexity index is 715. The van der Waals surface area contributed by atoms with Gasteiger partial charge >= 0.3 is 6.61 Å². The molecule has 6 heteroatoms. The molecular weight excluding hydrogens is 333 g/mol. The van der Waals surface area contributed by atoms with Gasteiger partial charge in [0.25, 0.3) is 0 Å². The highest BCUT2D eigenvalue weighted by molar-refractivity contribution is 6.42. The van der Waals surface area contributed by atoms with Gasteiger partial charge in [0.1, 0.15) is 5.75 Å². The summed E-state index contributed by atoms with van der Waals surface area (Å²) in [6, 6.07) is 10.8. The van der Waals surface area contributed by atoms with Crippen LogP contribution in [0.5, 0.6) is 5.75 Å². The molecule has 0 aliphatic rings. The summed E-state index contributed by atoms with van der Waals surface area (Å²) in [5, 5.41) is 0.669.